The molecule has 1 atom stereocenters. The number of rotatable bonds is 2. The Morgan fingerprint density at radius 3 is 2.33 bits per heavy atom. The molecule has 1 aromatic carbocycles. The summed E-state index contributed by atoms with van der Waals surface area (Å²) in [5, 5.41) is 0. The molecule has 0 aliphatic heterocycles. The van der Waals surface area contributed by atoms with Crippen LogP contribution in [0.5, 0.6) is 0 Å². The largest absolute Gasteiger partial charge is 0.419 e. The second kappa shape index (κ2) is 5.44. The van der Waals surface area contributed by atoms with Gasteiger partial charge in [0.1, 0.15) is 5.82 Å². The molecular weight excluding hydrogens is 284 g/mol. The van der Waals surface area contributed by atoms with Crippen molar-refractivity contribution >= 4 is 0 Å². The molecule has 1 heterocycles. The van der Waals surface area contributed by atoms with Gasteiger partial charge in [-0.15, -0.1) is 0 Å². The molecule has 2 nitrogen and oxygen atoms in total. The summed E-state index contributed by atoms with van der Waals surface area (Å²) in [6.45, 7) is 3.67. The van der Waals surface area contributed by atoms with E-state index in [0.29, 0.717) is 11.8 Å². The Bertz CT molecular complexity index is 665. The number of pyridine rings is 1. The summed E-state index contributed by atoms with van der Waals surface area (Å²) in [6.07, 6.45) is -3.10. The molecule has 2 N–H and O–H groups in total. The quantitative estimate of drug-likeness (QED) is 0.854. The fraction of sp³-hybridized carbons (Fsp3) is 0.267. The first-order valence-electron chi connectivity index (χ1n) is 6.25. The number of alkyl halides is 3. The van der Waals surface area contributed by atoms with Crippen molar-refractivity contribution in [3.05, 3.63) is 64.2 Å². The van der Waals surface area contributed by atoms with Gasteiger partial charge in [-0.3, -0.25) is 4.98 Å². The summed E-state index contributed by atoms with van der Waals surface area (Å²) in [5.41, 5.74) is 7.20. The molecule has 0 spiro atoms. The van der Waals surface area contributed by atoms with Gasteiger partial charge in [0.05, 0.1) is 17.3 Å². The average Bonchev–Trinajstić information content (AvgIpc) is 2.36. The standard InChI is InChI=1S/C15H14F4N2/c1-8-5-9(2)14(21-7-8)13(20)10-3-4-11(12(16)6-10)15(17,18)19/h3-7,13H,20H2,1-2H3. The number of aryl methyl sites for hydroxylation is 2. The molecule has 0 saturated carbocycles. The minimum Gasteiger partial charge on any atom is -0.319 e. The second-order valence-corrected chi connectivity index (χ2v) is 4.93. The van der Waals surface area contributed by atoms with Crippen LogP contribution < -0.4 is 5.73 Å². The van der Waals surface area contributed by atoms with Crippen molar-refractivity contribution in [2.45, 2.75) is 26.1 Å². The molecule has 112 valence electrons. The molecule has 0 amide bonds. The van der Waals surface area contributed by atoms with Gasteiger partial charge in [-0.2, -0.15) is 13.2 Å². The first kappa shape index (κ1) is 15.4. The molecule has 2 rings (SSSR count). The lowest BCUT2D eigenvalue weighted by Crippen LogP contribution is -2.16. The lowest BCUT2D eigenvalue weighted by atomic mass is 9.98. The van der Waals surface area contributed by atoms with Crippen LogP contribution in [0.2, 0.25) is 0 Å². The number of nitrogens with zero attached hydrogens (tertiary/aromatic N) is 1. The van der Waals surface area contributed by atoms with E-state index in [9.17, 15) is 17.6 Å². The van der Waals surface area contributed by atoms with E-state index in [-0.39, 0.29) is 5.56 Å². The van der Waals surface area contributed by atoms with Gasteiger partial charge in [-0.25, -0.2) is 4.39 Å². The van der Waals surface area contributed by atoms with E-state index in [1.807, 2.05) is 13.0 Å². The molecule has 1 aromatic heterocycles. The van der Waals surface area contributed by atoms with Crippen molar-refractivity contribution in [3.8, 4) is 0 Å². The Morgan fingerprint density at radius 1 is 1.14 bits per heavy atom. The summed E-state index contributed by atoms with van der Waals surface area (Å²) < 4.78 is 51.2. The molecule has 0 radical (unpaired) electrons. The Kier molecular flexibility index (Phi) is 4.00. The normalized spacial score (nSPS) is 13.3. The van der Waals surface area contributed by atoms with Crippen LogP contribution in [-0.2, 0) is 6.18 Å². The minimum absolute atomic E-state index is 0.250. The molecule has 0 saturated heterocycles. The van der Waals surface area contributed by atoms with Crippen molar-refractivity contribution < 1.29 is 17.6 Å². The van der Waals surface area contributed by atoms with Crippen LogP contribution in [0.4, 0.5) is 17.6 Å². The zero-order chi connectivity index (χ0) is 15.8. The fourth-order valence-corrected chi connectivity index (χ4v) is 2.16. The molecule has 0 bridgehead atoms. The van der Waals surface area contributed by atoms with Gasteiger partial charge >= 0.3 is 6.18 Å². The van der Waals surface area contributed by atoms with Crippen molar-refractivity contribution in [1.29, 1.82) is 0 Å². The lowest BCUT2D eigenvalue weighted by Gasteiger charge is -2.16. The van der Waals surface area contributed by atoms with Gasteiger partial charge in [0, 0.05) is 6.20 Å². The maximum Gasteiger partial charge on any atom is 0.419 e. The highest BCUT2D eigenvalue weighted by atomic mass is 19.4. The number of hydrogen-bond acceptors (Lipinski definition) is 2. The third-order valence-corrected chi connectivity index (χ3v) is 3.21. The summed E-state index contributed by atoms with van der Waals surface area (Å²) in [7, 11) is 0. The third kappa shape index (κ3) is 3.21. The van der Waals surface area contributed by atoms with Crippen molar-refractivity contribution in [2.75, 3.05) is 0 Å². The van der Waals surface area contributed by atoms with Crippen LogP contribution in [-0.4, -0.2) is 4.98 Å². The van der Waals surface area contributed by atoms with Gasteiger partial charge in [-0.05, 0) is 42.7 Å². The average molecular weight is 298 g/mol. The van der Waals surface area contributed by atoms with Crippen LogP contribution in [0.1, 0.15) is 34.0 Å². The van der Waals surface area contributed by atoms with E-state index in [1.54, 1.807) is 13.1 Å². The maximum atomic E-state index is 13.6. The van der Waals surface area contributed by atoms with Gasteiger partial charge in [0.15, 0.2) is 0 Å². The smallest absolute Gasteiger partial charge is 0.319 e. The summed E-state index contributed by atoms with van der Waals surface area (Å²) in [5.74, 6) is -1.33. The van der Waals surface area contributed by atoms with Crippen LogP contribution in [0.15, 0.2) is 30.5 Å². The molecular formula is C15H14F4N2. The number of halogens is 4. The van der Waals surface area contributed by atoms with Crippen molar-refractivity contribution in [2.24, 2.45) is 5.73 Å². The number of nitrogens with two attached hydrogens (primary N) is 1. The van der Waals surface area contributed by atoms with Gasteiger partial charge in [-0.1, -0.05) is 12.1 Å². The molecule has 0 aliphatic carbocycles. The lowest BCUT2D eigenvalue weighted by molar-refractivity contribution is -0.140. The zero-order valence-electron chi connectivity index (χ0n) is 11.5. The van der Waals surface area contributed by atoms with Crippen LogP contribution in [0, 0.1) is 19.7 Å². The van der Waals surface area contributed by atoms with Crippen molar-refractivity contribution in [3.63, 3.8) is 0 Å². The fourth-order valence-electron chi connectivity index (χ4n) is 2.16. The number of benzene rings is 1. The van der Waals surface area contributed by atoms with E-state index < -0.39 is 23.6 Å². The van der Waals surface area contributed by atoms with E-state index in [4.69, 9.17) is 5.73 Å². The number of aromatic nitrogens is 1. The first-order chi connectivity index (χ1) is 9.70. The zero-order valence-corrected chi connectivity index (χ0v) is 11.5. The molecule has 21 heavy (non-hydrogen) atoms. The Morgan fingerprint density at radius 2 is 1.81 bits per heavy atom. The minimum atomic E-state index is -4.72. The van der Waals surface area contributed by atoms with Gasteiger partial charge < -0.3 is 5.73 Å². The highest BCUT2D eigenvalue weighted by Crippen LogP contribution is 2.33. The van der Waals surface area contributed by atoms with Gasteiger partial charge in [0.25, 0.3) is 0 Å². The molecule has 1 unspecified atom stereocenters. The van der Waals surface area contributed by atoms with Crippen LogP contribution in [0.25, 0.3) is 0 Å². The molecule has 6 heteroatoms. The predicted octanol–water partition coefficient (Wildman–Crippen LogP) is 3.90. The number of hydrogen-bond donors (Lipinski definition) is 1. The van der Waals surface area contributed by atoms with E-state index in [2.05, 4.69) is 4.98 Å². The highest BCUT2D eigenvalue weighted by molar-refractivity contribution is 5.36. The third-order valence-electron chi connectivity index (χ3n) is 3.21. The summed E-state index contributed by atoms with van der Waals surface area (Å²) in [6, 6.07) is 3.78. The Hall–Kier alpha value is -1.95. The topological polar surface area (TPSA) is 38.9 Å². The van der Waals surface area contributed by atoms with Crippen LogP contribution in [0.3, 0.4) is 0 Å². The van der Waals surface area contributed by atoms with E-state index >= 15 is 0 Å². The predicted molar refractivity (Wildman–Crippen MR) is 71.1 cm³/mol. The molecule has 0 fully saturated rings. The van der Waals surface area contributed by atoms with Crippen LogP contribution >= 0.6 is 0 Å². The molecule has 0 aliphatic rings. The SMILES string of the molecule is Cc1cnc(C(N)c2ccc(C(F)(F)F)c(F)c2)c(C)c1. The Balaban J connectivity index is 2.40. The van der Waals surface area contributed by atoms with E-state index in [0.717, 1.165) is 17.2 Å². The highest BCUT2D eigenvalue weighted by Gasteiger charge is 2.34. The summed E-state index contributed by atoms with van der Waals surface area (Å²) >= 11 is 0. The maximum absolute atomic E-state index is 13.6. The van der Waals surface area contributed by atoms with E-state index in [1.165, 1.54) is 6.07 Å². The second-order valence-electron chi connectivity index (χ2n) is 4.93. The monoisotopic (exact) mass is 298 g/mol. The first-order valence-corrected chi connectivity index (χ1v) is 6.25. The Labute approximate surface area is 119 Å². The molecule has 2 aromatic rings. The van der Waals surface area contributed by atoms with Gasteiger partial charge in [0.2, 0.25) is 0 Å². The summed E-state index contributed by atoms with van der Waals surface area (Å²) in [4.78, 5) is 4.19. The van der Waals surface area contributed by atoms with Crippen molar-refractivity contribution in [1.82, 2.24) is 4.98 Å².